The zero-order valence-corrected chi connectivity index (χ0v) is 11.1. The number of rotatable bonds is 5. The fraction of sp³-hybridized carbons (Fsp3) is 0.500. The third-order valence-corrected chi connectivity index (χ3v) is 3.03. The highest BCUT2D eigenvalue weighted by molar-refractivity contribution is 5.94. The molecule has 5 heteroatoms. The number of carbonyl (C=O) groups excluding carboxylic acids is 1. The van der Waals surface area contributed by atoms with Crippen molar-refractivity contribution < 1.29 is 14.3 Å². The van der Waals surface area contributed by atoms with Crippen LogP contribution in [0.2, 0.25) is 0 Å². The highest BCUT2D eigenvalue weighted by Gasteiger charge is 2.27. The number of anilines is 1. The molecule has 2 atom stereocenters. The highest BCUT2D eigenvalue weighted by atomic mass is 16.5. The van der Waals surface area contributed by atoms with Gasteiger partial charge in [0.15, 0.2) is 0 Å². The zero-order valence-electron chi connectivity index (χ0n) is 11.1. The second kappa shape index (κ2) is 6.54. The van der Waals surface area contributed by atoms with Gasteiger partial charge in [-0.3, -0.25) is 4.79 Å². The van der Waals surface area contributed by atoms with Crippen LogP contribution in [-0.2, 0) is 9.53 Å². The molecule has 0 spiro atoms. The predicted molar refractivity (Wildman–Crippen MR) is 73.2 cm³/mol. The summed E-state index contributed by atoms with van der Waals surface area (Å²) in [6, 6.07) is 7.23. The first kappa shape index (κ1) is 13.8. The summed E-state index contributed by atoms with van der Waals surface area (Å²) in [6.07, 6.45) is 1.56. The smallest absolute Gasteiger partial charge is 0.253 e. The Bertz CT molecular complexity index is 419. The van der Waals surface area contributed by atoms with Crippen LogP contribution in [0.5, 0.6) is 5.75 Å². The van der Waals surface area contributed by atoms with Gasteiger partial charge in [0.05, 0.1) is 6.10 Å². The number of nitrogens with two attached hydrogens (primary N) is 1. The van der Waals surface area contributed by atoms with Gasteiger partial charge in [-0.05, 0) is 44.0 Å². The maximum Gasteiger partial charge on any atom is 0.253 e. The SMILES string of the molecule is CC1CCC(C(=O)Nc2ccc(OCCN)cc2)O1. The van der Waals surface area contributed by atoms with Crippen LogP contribution >= 0.6 is 0 Å². The molecule has 1 aromatic rings. The van der Waals surface area contributed by atoms with E-state index in [2.05, 4.69) is 5.32 Å². The minimum atomic E-state index is -0.330. The Hall–Kier alpha value is -1.59. The van der Waals surface area contributed by atoms with Crippen LogP contribution in [0.15, 0.2) is 24.3 Å². The molecule has 1 saturated heterocycles. The number of amides is 1. The number of benzene rings is 1. The number of carbonyl (C=O) groups is 1. The van der Waals surface area contributed by atoms with Gasteiger partial charge < -0.3 is 20.5 Å². The lowest BCUT2D eigenvalue weighted by Crippen LogP contribution is -2.27. The molecule has 5 nitrogen and oxygen atoms in total. The first-order valence-electron chi connectivity index (χ1n) is 6.58. The molecule has 1 fully saturated rings. The lowest BCUT2D eigenvalue weighted by atomic mass is 10.2. The van der Waals surface area contributed by atoms with E-state index in [-0.39, 0.29) is 18.1 Å². The van der Waals surface area contributed by atoms with Crippen LogP contribution < -0.4 is 15.8 Å². The molecule has 1 aromatic carbocycles. The van der Waals surface area contributed by atoms with E-state index in [1.165, 1.54) is 0 Å². The van der Waals surface area contributed by atoms with E-state index in [4.69, 9.17) is 15.2 Å². The van der Waals surface area contributed by atoms with Crippen molar-refractivity contribution in [3.05, 3.63) is 24.3 Å². The molecule has 0 aromatic heterocycles. The Kier molecular flexibility index (Phi) is 4.76. The van der Waals surface area contributed by atoms with Crippen molar-refractivity contribution in [1.29, 1.82) is 0 Å². The van der Waals surface area contributed by atoms with E-state index in [9.17, 15) is 4.79 Å². The lowest BCUT2D eigenvalue weighted by molar-refractivity contribution is -0.126. The molecule has 104 valence electrons. The summed E-state index contributed by atoms with van der Waals surface area (Å²) >= 11 is 0. The summed E-state index contributed by atoms with van der Waals surface area (Å²) in [7, 11) is 0. The van der Waals surface area contributed by atoms with Gasteiger partial charge in [0.25, 0.3) is 5.91 Å². The van der Waals surface area contributed by atoms with Crippen molar-refractivity contribution in [2.24, 2.45) is 5.73 Å². The van der Waals surface area contributed by atoms with E-state index in [0.29, 0.717) is 13.2 Å². The molecule has 19 heavy (non-hydrogen) atoms. The molecular weight excluding hydrogens is 244 g/mol. The van der Waals surface area contributed by atoms with Crippen LogP contribution in [0.4, 0.5) is 5.69 Å². The molecule has 3 N–H and O–H groups in total. The van der Waals surface area contributed by atoms with Gasteiger partial charge in [0.1, 0.15) is 18.5 Å². The Morgan fingerprint density at radius 2 is 2.16 bits per heavy atom. The number of hydrogen-bond acceptors (Lipinski definition) is 4. The van der Waals surface area contributed by atoms with E-state index in [0.717, 1.165) is 24.3 Å². The van der Waals surface area contributed by atoms with Gasteiger partial charge >= 0.3 is 0 Å². The first-order chi connectivity index (χ1) is 9.19. The fourth-order valence-corrected chi connectivity index (χ4v) is 2.03. The molecule has 0 bridgehead atoms. The third kappa shape index (κ3) is 3.94. The number of nitrogens with one attached hydrogen (secondary N) is 1. The number of hydrogen-bond donors (Lipinski definition) is 2. The van der Waals surface area contributed by atoms with E-state index < -0.39 is 0 Å². The molecule has 1 aliphatic rings. The standard InChI is InChI=1S/C14H20N2O3/c1-10-2-7-13(19-10)14(17)16-11-3-5-12(6-4-11)18-9-8-15/h3-6,10,13H,2,7-9,15H2,1H3,(H,16,17). The molecule has 2 rings (SSSR count). The summed E-state index contributed by atoms with van der Waals surface area (Å²) in [6.45, 7) is 2.95. The molecule has 1 aliphatic heterocycles. The van der Waals surface area contributed by atoms with Gasteiger partial charge in [-0.15, -0.1) is 0 Å². The second-order valence-corrected chi connectivity index (χ2v) is 4.66. The predicted octanol–water partition coefficient (Wildman–Crippen LogP) is 1.53. The third-order valence-electron chi connectivity index (χ3n) is 3.03. The molecular formula is C14H20N2O3. The second-order valence-electron chi connectivity index (χ2n) is 4.66. The summed E-state index contributed by atoms with van der Waals surface area (Å²) in [5.41, 5.74) is 6.10. The lowest BCUT2D eigenvalue weighted by Gasteiger charge is -2.12. The van der Waals surface area contributed by atoms with Gasteiger partial charge in [-0.25, -0.2) is 0 Å². The molecule has 2 unspecified atom stereocenters. The zero-order chi connectivity index (χ0) is 13.7. The molecule has 0 aliphatic carbocycles. The quantitative estimate of drug-likeness (QED) is 0.846. The summed E-state index contributed by atoms with van der Waals surface area (Å²) in [5, 5.41) is 2.84. The van der Waals surface area contributed by atoms with E-state index in [1.807, 2.05) is 31.2 Å². The van der Waals surface area contributed by atoms with Gasteiger partial charge in [-0.1, -0.05) is 0 Å². The molecule has 1 heterocycles. The first-order valence-corrected chi connectivity index (χ1v) is 6.58. The van der Waals surface area contributed by atoms with Crippen LogP contribution in [0.1, 0.15) is 19.8 Å². The average Bonchev–Trinajstić information content (AvgIpc) is 2.85. The Morgan fingerprint density at radius 1 is 1.42 bits per heavy atom. The van der Waals surface area contributed by atoms with Crippen molar-refractivity contribution in [3.8, 4) is 5.75 Å². The van der Waals surface area contributed by atoms with Crippen molar-refractivity contribution in [2.45, 2.75) is 32.0 Å². The van der Waals surface area contributed by atoms with Gasteiger partial charge in [-0.2, -0.15) is 0 Å². The molecule has 0 saturated carbocycles. The normalized spacial score (nSPS) is 22.2. The Morgan fingerprint density at radius 3 is 2.74 bits per heavy atom. The molecule has 0 radical (unpaired) electrons. The summed E-state index contributed by atoms with van der Waals surface area (Å²) < 4.78 is 10.9. The minimum Gasteiger partial charge on any atom is -0.492 e. The van der Waals surface area contributed by atoms with Gasteiger partial charge in [0, 0.05) is 12.2 Å². The topological polar surface area (TPSA) is 73.6 Å². The number of ether oxygens (including phenoxy) is 2. The fourth-order valence-electron chi connectivity index (χ4n) is 2.03. The van der Waals surface area contributed by atoms with Crippen molar-refractivity contribution in [2.75, 3.05) is 18.5 Å². The van der Waals surface area contributed by atoms with Crippen molar-refractivity contribution in [1.82, 2.24) is 0 Å². The van der Waals surface area contributed by atoms with Crippen molar-refractivity contribution in [3.63, 3.8) is 0 Å². The average molecular weight is 264 g/mol. The minimum absolute atomic E-state index is 0.0834. The molecule has 1 amide bonds. The monoisotopic (exact) mass is 264 g/mol. The summed E-state index contributed by atoms with van der Waals surface area (Å²) in [4.78, 5) is 11.9. The largest absolute Gasteiger partial charge is 0.492 e. The maximum absolute atomic E-state index is 11.9. The van der Waals surface area contributed by atoms with Crippen molar-refractivity contribution >= 4 is 11.6 Å². The maximum atomic E-state index is 11.9. The van der Waals surface area contributed by atoms with Crippen LogP contribution in [-0.4, -0.2) is 31.3 Å². The summed E-state index contributed by atoms with van der Waals surface area (Å²) in [5.74, 6) is 0.661. The van der Waals surface area contributed by atoms with Crippen LogP contribution in [0.3, 0.4) is 0 Å². The van der Waals surface area contributed by atoms with Crippen LogP contribution in [0, 0.1) is 0 Å². The van der Waals surface area contributed by atoms with Gasteiger partial charge in [0.2, 0.25) is 0 Å². The van der Waals surface area contributed by atoms with E-state index >= 15 is 0 Å². The Labute approximate surface area is 113 Å². The van der Waals surface area contributed by atoms with E-state index in [1.54, 1.807) is 0 Å². The highest BCUT2D eigenvalue weighted by Crippen LogP contribution is 2.21. The van der Waals surface area contributed by atoms with Crippen LogP contribution in [0.25, 0.3) is 0 Å². The Balaban J connectivity index is 1.87.